The molecule has 0 saturated carbocycles. The standard InChI is InChI=1S/C22H20F2N2O4/c1-4-30-20-14-7-5-6-13(12(14)10-11-25-20)19(27)17-16(23)9-8-15(18(17)24)22(2,3)26-21(28)29/h5-11,26H,4H2,1-3H3,(H,28,29). The van der Waals surface area contributed by atoms with Gasteiger partial charge in [-0.25, -0.2) is 18.6 Å². The lowest BCUT2D eigenvalue weighted by Gasteiger charge is -2.26. The first kappa shape index (κ1) is 21.2. The molecule has 0 bridgehead atoms. The first-order valence-corrected chi connectivity index (χ1v) is 9.22. The fourth-order valence-electron chi connectivity index (χ4n) is 3.34. The molecular formula is C22H20F2N2O4. The van der Waals surface area contributed by atoms with Gasteiger partial charge in [-0.05, 0) is 44.4 Å². The summed E-state index contributed by atoms with van der Waals surface area (Å²) in [4.78, 5) is 28.4. The van der Waals surface area contributed by atoms with E-state index in [1.807, 2.05) is 0 Å². The summed E-state index contributed by atoms with van der Waals surface area (Å²) in [5.74, 6) is -2.71. The topological polar surface area (TPSA) is 88.5 Å². The van der Waals surface area contributed by atoms with Crippen molar-refractivity contribution in [1.82, 2.24) is 10.3 Å². The van der Waals surface area contributed by atoms with Crippen LogP contribution in [-0.2, 0) is 5.54 Å². The van der Waals surface area contributed by atoms with E-state index in [1.54, 1.807) is 25.1 Å². The monoisotopic (exact) mass is 414 g/mol. The first-order valence-electron chi connectivity index (χ1n) is 9.22. The Labute approximate surface area is 171 Å². The third-order valence-electron chi connectivity index (χ3n) is 4.71. The third-order valence-corrected chi connectivity index (χ3v) is 4.71. The highest BCUT2D eigenvalue weighted by atomic mass is 19.1. The van der Waals surface area contributed by atoms with Gasteiger partial charge in [-0.2, -0.15) is 0 Å². The van der Waals surface area contributed by atoms with Crippen LogP contribution in [0.4, 0.5) is 13.6 Å². The molecule has 156 valence electrons. The van der Waals surface area contributed by atoms with Gasteiger partial charge >= 0.3 is 6.09 Å². The highest BCUT2D eigenvalue weighted by molar-refractivity contribution is 6.17. The van der Waals surface area contributed by atoms with Crippen molar-refractivity contribution in [1.29, 1.82) is 0 Å². The van der Waals surface area contributed by atoms with Gasteiger partial charge in [-0.15, -0.1) is 0 Å². The van der Waals surface area contributed by atoms with Crippen molar-refractivity contribution in [2.75, 3.05) is 6.61 Å². The van der Waals surface area contributed by atoms with Crippen LogP contribution in [0.1, 0.15) is 42.3 Å². The number of carbonyl (C=O) groups is 2. The van der Waals surface area contributed by atoms with E-state index in [9.17, 15) is 14.0 Å². The lowest BCUT2D eigenvalue weighted by atomic mass is 9.89. The maximum absolute atomic E-state index is 15.3. The van der Waals surface area contributed by atoms with Crippen molar-refractivity contribution in [3.63, 3.8) is 0 Å². The zero-order chi connectivity index (χ0) is 22.1. The Bertz CT molecular complexity index is 1150. The number of amides is 1. The van der Waals surface area contributed by atoms with Crippen molar-refractivity contribution < 1.29 is 28.2 Å². The Kier molecular flexibility index (Phi) is 5.69. The van der Waals surface area contributed by atoms with E-state index in [4.69, 9.17) is 9.84 Å². The molecule has 0 fully saturated rings. The smallest absolute Gasteiger partial charge is 0.405 e. The van der Waals surface area contributed by atoms with Crippen molar-refractivity contribution in [3.8, 4) is 5.88 Å². The molecule has 0 unspecified atom stereocenters. The zero-order valence-electron chi connectivity index (χ0n) is 16.6. The zero-order valence-corrected chi connectivity index (χ0v) is 16.6. The van der Waals surface area contributed by atoms with Gasteiger partial charge in [0.1, 0.15) is 11.6 Å². The summed E-state index contributed by atoms with van der Waals surface area (Å²) in [6.45, 7) is 4.99. The molecule has 0 saturated heterocycles. The number of hydrogen-bond donors (Lipinski definition) is 2. The Morgan fingerprint density at radius 1 is 1.13 bits per heavy atom. The molecule has 0 spiro atoms. The number of ketones is 1. The number of halogens is 2. The van der Waals surface area contributed by atoms with E-state index >= 15 is 4.39 Å². The molecule has 3 rings (SSSR count). The molecule has 2 N–H and O–H groups in total. The number of pyridine rings is 1. The van der Waals surface area contributed by atoms with Crippen LogP contribution in [0.25, 0.3) is 10.8 Å². The Balaban J connectivity index is 2.18. The number of nitrogens with zero attached hydrogens (tertiary/aromatic N) is 1. The lowest BCUT2D eigenvalue weighted by molar-refractivity contribution is 0.103. The second-order valence-electron chi connectivity index (χ2n) is 7.12. The van der Waals surface area contributed by atoms with Gasteiger partial charge in [0.2, 0.25) is 5.88 Å². The molecule has 1 aromatic heterocycles. The van der Waals surface area contributed by atoms with Crippen LogP contribution in [0.3, 0.4) is 0 Å². The molecule has 1 amide bonds. The van der Waals surface area contributed by atoms with Gasteiger partial charge in [0.15, 0.2) is 5.78 Å². The average molecular weight is 414 g/mol. The largest absolute Gasteiger partial charge is 0.478 e. The maximum Gasteiger partial charge on any atom is 0.405 e. The van der Waals surface area contributed by atoms with E-state index in [1.165, 1.54) is 26.1 Å². The molecule has 1 heterocycles. The number of fused-ring (bicyclic) bond motifs is 1. The van der Waals surface area contributed by atoms with Crippen molar-refractivity contribution in [2.24, 2.45) is 0 Å². The quantitative estimate of drug-likeness (QED) is 0.574. The van der Waals surface area contributed by atoms with Crippen LogP contribution in [0.5, 0.6) is 5.88 Å². The summed E-state index contributed by atoms with van der Waals surface area (Å²) in [7, 11) is 0. The maximum atomic E-state index is 15.3. The van der Waals surface area contributed by atoms with Crippen LogP contribution in [0, 0.1) is 11.6 Å². The molecule has 0 aliphatic rings. The number of benzene rings is 2. The number of hydrogen-bond acceptors (Lipinski definition) is 4. The van der Waals surface area contributed by atoms with E-state index in [-0.39, 0.29) is 11.1 Å². The number of carbonyl (C=O) groups excluding carboxylic acids is 1. The summed E-state index contributed by atoms with van der Waals surface area (Å²) in [5, 5.41) is 12.2. The molecule has 6 nitrogen and oxygen atoms in total. The fourth-order valence-corrected chi connectivity index (χ4v) is 3.34. The van der Waals surface area contributed by atoms with Crippen LogP contribution >= 0.6 is 0 Å². The lowest BCUT2D eigenvalue weighted by Crippen LogP contribution is -2.41. The Morgan fingerprint density at radius 3 is 2.53 bits per heavy atom. The van der Waals surface area contributed by atoms with E-state index in [2.05, 4.69) is 10.3 Å². The van der Waals surface area contributed by atoms with Crippen LogP contribution < -0.4 is 10.1 Å². The van der Waals surface area contributed by atoms with Gasteiger partial charge in [0.05, 0.1) is 17.7 Å². The van der Waals surface area contributed by atoms with Gasteiger partial charge in [0, 0.05) is 22.7 Å². The van der Waals surface area contributed by atoms with E-state index in [0.29, 0.717) is 23.3 Å². The molecule has 8 heteroatoms. The average Bonchev–Trinajstić information content (AvgIpc) is 2.66. The molecule has 0 radical (unpaired) electrons. The van der Waals surface area contributed by atoms with Crippen LogP contribution in [0.15, 0.2) is 42.6 Å². The third kappa shape index (κ3) is 3.80. The highest BCUT2D eigenvalue weighted by Crippen LogP contribution is 2.31. The first-order chi connectivity index (χ1) is 14.2. The summed E-state index contributed by atoms with van der Waals surface area (Å²) < 4.78 is 35.3. The van der Waals surface area contributed by atoms with Gasteiger partial charge in [-0.1, -0.05) is 18.2 Å². The van der Waals surface area contributed by atoms with Crippen molar-refractivity contribution >= 4 is 22.6 Å². The van der Waals surface area contributed by atoms with E-state index in [0.717, 1.165) is 12.1 Å². The summed E-state index contributed by atoms with van der Waals surface area (Å²) in [6.07, 6.45) is 0.0780. The second kappa shape index (κ2) is 8.06. The highest BCUT2D eigenvalue weighted by Gasteiger charge is 2.31. The minimum atomic E-state index is -1.39. The molecule has 0 atom stereocenters. The Morgan fingerprint density at radius 2 is 1.87 bits per heavy atom. The molecule has 30 heavy (non-hydrogen) atoms. The summed E-state index contributed by atoms with van der Waals surface area (Å²) in [5.41, 5.74) is -2.21. The minimum Gasteiger partial charge on any atom is -0.478 e. The Hall–Kier alpha value is -3.55. The number of rotatable bonds is 6. The van der Waals surface area contributed by atoms with Crippen molar-refractivity contribution in [3.05, 3.63) is 70.9 Å². The minimum absolute atomic E-state index is 0.0785. The SMILES string of the molecule is CCOc1nccc2c(C(=O)c3c(F)ccc(C(C)(C)NC(=O)O)c3F)cccc12. The number of carboxylic acid groups (broad SMARTS) is 1. The predicted octanol–water partition coefficient (Wildman–Crippen LogP) is 4.65. The molecule has 3 aromatic rings. The predicted molar refractivity (Wildman–Crippen MR) is 107 cm³/mol. The van der Waals surface area contributed by atoms with Gasteiger partial charge in [-0.3, -0.25) is 4.79 Å². The molecule has 2 aromatic carbocycles. The normalized spacial score (nSPS) is 11.4. The second-order valence-corrected chi connectivity index (χ2v) is 7.12. The molecular weight excluding hydrogens is 394 g/mol. The van der Waals surface area contributed by atoms with Crippen LogP contribution in [-0.4, -0.2) is 28.6 Å². The van der Waals surface area contributed by atoms with Crippen molar-refractivity contribution in [2.45, 2.75) is 26.3 Å². The number of aromatic nitrogens is 1. The molecule has 0 aliphatic heterocycles. The summed E-state index contributed by atoms with van der Waals surface area (Å²) in [6, 6.07) is 8.39. The van der Waals surface area contributed by atoms with E-state index < -0.39 is 34.6 Å². The van der Waals surface area contributed by atoms with Gasteiger partial charge < -0.3 is 15.2 Å². The number of nitrogens with one attached hydrogen (secondary N) is 1. The van der Waals surface area contributed by atoms with Crippen LogP contribution in [0.2, 0.25) is 0 Å². The summed E-state index contributed by atoms with van der Waals surface area (Å²) >= 11 is 0. The molecule has 0 aliphatic carbocycles. The fraction of sp³-hybridized carbons (Fsp3) is 0.227. The van der Waals surface area contributed by atoms with Gasteiger partial charge in [0.25, 0.3) is 0 Å². The number of ether oxygens (including phenoxy) is 1.